The molecule has 0 saturated carbocycles. The van der Waals surface area contributed by atoms with Crippen molar-refractivity contribution < 1.29 is 19.4 Å². The number of benzene rings is 1. The van der Waals surface area contributed by atoms with Gasteiger partial charge in [0.05, 0.1) is 29.0 Å². The highest BCUT2D eigenvalue weighted by molar-refractivity contribution is 6.32. The molecule has 9 heteroatoms. The van der Waals surface area contributed by atoms with Gasteiger partial charge in [0.2, 0.25) is 5.91 Å². The molecule has 1 aliphatic carbocycles. The highest BCUT2D eigenvalue weighted by Crippen LogP contribution is 2.47. The molecule has 3 aromatic rings. The van der Waals surface area contributed by atoms with E-state index in [-0.39, 0.29) is 30.4 Å². The fraction of sp³-hybridized carbons (Fsp3) is 0.407. The van der Waals surface area contributed by atoms with Gasteiger partial charge < -0.3 is 19.7 Å². The molecular weight excluding hydrogens is 482 g/mol. The summed E-state index contributed by atoms with van der Waals surface area (Å²) in [5, 5.41) is 15.8. The number of rotatable bonds is 4. The molecule has 2 N–H and O–H groups in total. The Balaban J connectivity index is 1.59. The molecule has 0 spiro atoms. The predicted octanol–water partition coefficient (Wildman–Crippen LogP) is 3.29. The van der Waals surface area contributed by atoms with E-state index in [4.69, 9.17) is 21.3 Å². The Morgan fingerprint density at radius 1 is 1.31 bits per heavy atom. The molecule has 2 aliphatic heterocycles. The number of aryl methyl sites for hydroxylation is 1. The first-order valence-electron chi connectivity index (χ1n) is 12.3. The lowest BCUT2D eigenvalue weighted by atomic mass is 9.78. The van der Waals surface area contributed by atoms with Gasteiger partial charge in [-0.3, -0.25) is 9.59 Å². The summed E-state index contributed by atoms with van der Waals surface area (Å²) in [5.74, 6) is -0.637. The predicted molar refractivity (Wildman–Crippen MR) is 134 cm³/mol. The number of pyridine rings is 2. The molecular formula is C27H26ClN3O5. The zero-order chi connectivity index (χ0) is 25.4. The van der Waals surface area contributed by atoms with Crippen molar-refractivity contribution in [2.24, 2.45) is 0 Å². The van der Waals surface area contributed by atoms with E-state index in [0.29, 0.717) is 40.6 Å². The Morgan fingerprint density at radius 2 is 2.11 bits per heavy atom. The number of nitrogens with one attached hydrogen (secondary N) is 1. The van der Waals surface area contributed by atoms with Crippen LogP contribution in [0, 0.1) is 0 Å². The molecule has 8 nitrogen and oxygen atoms in total. The quantitative estimate of drug-likeness (QED) is 0.410. The van der Waals surface area contributed by atoms with Crippen molar-refractivity contribution >= 4 is 34.4 Å². The third-order valence-corrected chi connectivity index (χ3v) is 8.32. The van der Waals surface area contributed by atoms with Gasteiger partial charge in [0.1, 0.15) is 6.61 Å². The molecule has 36 heavy (non-hydrogen) atoms. The van der Waals surface area contributed by atoms with Crippen LogP contribution in [0.25, 0.3) is 22.3 Å². The van der Waals surface area contributed by atoms with Crippen LogP contribution < -0.4 is 10.9 Å². The number of halogens is 1. The number of cyclic esters (lactones) is 1. The maximum Gasteiger partial charge on any atom is 0.343 e. The number of esters is 1. The van der Waals surface area contributed by atoms with Crippen molar-refractivity contribution in [2.75, 3.05) is 6.54 Å². The minimum absolute atomic E-state index is 0.0657. The van der Waals surface area contributed by atoms with E-state index in [2.05, 4.69) is 5.32 Å². The molecule has 0 bridgehead atoms. The zero-order valence-corrected chi connectivity index (χ0v) is 20.9. The van der Waals surface area contributed by atoms with E-state index < -0.39 is 11.6 Å². The van der Waals surface area contributed by atoms with Crippen molar-refractivity contribution in [3.8, 4) is 11.4 Å². The first kappa shape index (κ1) is 23.2. The molecule has 3 aliphatic rings. The van der Waals surface area contributed by atoms with Gasteiger partial charge in [-0.15, -0.1) is 0 Å². The summed E-state index contributed by atoms with van der Waals surface area (Å²) in [6, 6.07) is 5.50. The van der Waals surface area contributed by atoms with Crippen molar-refractivity contribution in [3.05, 3.63) is 61.4 Å². The van der Waals surface area contributed by atoms with Gasteiger partial charge in [0, 0.05) is 35.0 Å². The van der Waals surface area contributed by atoms with Crippen LogP contribution in [0.2, 0.25) is 5.02 Å². The Labute approximate surface area is 212 Å². The van der Waals surface area contributed by atoms with Gasteiger partial charge in [-0.2, -0.15) is 0 Å². The summed E-state index contributed by atoms with van der Waals surface area (Å²) in [6.45, 7) is 3.94. The monoisotopic (exact) mass is 507 g/mol. The maximum atomic E-state index is 13.6. The van der Waals surface area contributed by atoms with Crippen LogP contribution >= 0.6 is 11.6 Å². The standard InChI is InChI=1S/C27H26ClN3O5/c1-3-27(35)18-10-21-24-16(11-31(21)25(33)17(18)12-36-26(27)34)22-14(8-9-29-13(2)32)4-5-15-19(28)6-7-20(30-24)23(15)22/h6-7,10,14,35H,3-5,8-9,11-12H2,1-2H3,(H,29,32)/t14?,27-/m0/s1. The van der Waals surface area contributed by atoms with E-state index in [1.54, 1.807) is 17.6 Å². The van der Waals surface area contributed by atoms with E-state index in [1.165, 1.54) is 6.92 Å². The summed E-state index contributed by atoms with van der Waals surface area (Å²) in [4.78, 5) is 42.5. The fourth-order valence-electron chi connectivity index (χ4n) is 6.12. The van der Waals surface area contributed by atoms with Crippen LogP contribution in [0.3, 0.4) is 0 Å². The third kappa shape index (κ3) is 3.17. The first-order valence-corrected chi connectivity index (χ1v) is 12.7. The average molecular weight is 508 g/mol. The maximum absolute atomic E-state index is 13.6. The molecule has 0 saturated heterocycles. The lowest BCUT2D eigenvalue weighted by Gasteiger charge is -2.31. The minimum atomic E-state index is -1.86. The molecule has 1 aromatic carbocycles. The molecule has 0 fully saturated rings. The molecule has 1 unspecified atom stereocenters. The summed E-state index contributed by atoms with van der Waals surface area (Å²) in [7, 11) is 0. The van der Waals surface area contributed by atoms with Gasteiger partial charge in [0.15, 0.2) is 5.60 Å². The van der Waals surface area contributed by atoms with Crippen LogP contribution in [-0.4, -0.2) is 33.1 Å². The number of aliphatic hydroxyl groups is 1. The Bertz CT molecular complexity index is 1550. The Hall–Kier alpha value is -3.23. The summed E-state index contributed by atoms with van der Waals surface area (Å²) < 4.78 is 6.86. The SMILES string of the molecule is CC[C@@]1(O)C(=O)OCc2c1cc1n(c2=O)Cc2c-1nc1ccc(Cl)c3c1c2C(CCNC(C)=O)CC3. The number of fused-ring (bicyclic) bond motifs is 5. The highest BCUT2D eigenvalue weighted by Gasteiger charge is 2.45. The summed E-state index contributed by atoms with van der Waals surface area (Å²) >= 11 is 6.60. The number of ether oxygens (including phenoxy) is 1. The van der Waals surface area contributed by atoms with Crippen LogP contribution in [0.15, 0.2) is 23.0 Å². The van der Waals surface area contributed by atoms with Gasteiger partial charge in [-0.05, 0) is 60.9 Å². The van der Waals surface area contributed by atoms with Crippen LogP contribution in [-0.2, 0) is 39.5 Å². The number of amides is 1. The van der Waals surface area contributed by atoms with E-state index in [0.717, 1.165) is 46.9 Å². The van der Waals surface area contributed by atoms with Crippen molar-refractivity contribution in [1.29, 1.82) is 0 Å². The molecule has 1 amide bonds. The van der Waals surface area contributed by atoms with Gasteiger partial charge in [-0.25, -0.2) is 9.78 Å². The normalized spacial score (nSPS) is 21.6. The Morgan fingerprint density at radius 3 is 2.86 bits per heavy atom. The largest absolute Gasteiger partial charge is 0.458 e. The van der Waals surface area contributed by atoms with E-state index >= 15 is 0 Å². The molecule has 4 heterocycles. The molecule has 2 atom stereocenters. The average Bonchev–Trinajstić information content (AvgIpc) is 3.23. The fourth-order valence-corrected chi connectivity index (χ4v) is 6.37. The molecule has 2 aromatic heterocycles. The van der Waals surface area contributed by atoms with E-state index in [1.807, 2.05) is 12.1 Å². The lowest BCUT2D eigenvalue weighted by molar-refractivity contribution is -0.172. The van der Waals surface area contributed by atoms with Crippen molar-refractivity contribution in [1.82, 2.24) is 14.9 Å². The van der Waals surface area contributed by atoms with Crippen LogP contribution in [0.5, 0.6) is 0 Å². The summed E-state index contributed by atoms with van der Waals surface area (Å²) in [5.41, 5.74) is 3.71. The van der Waals surface area contributed by atoms with Crippen LogP contribution in [0.4, 0.5) is 0 Å². The third-order valence-electron chi connectivity index (χ3n) is 7.97. The smallest absolute Gasteiger partial charge is 0.343 e. The second-order valence-corrected chi connectivity index (χ2v) is 10.3. The Kier molecular flexibility index (Phi) is 5.25. The second kappa shape index (κ2) is 8.15. The molecule has 6 rings (SSSR count). The zero-order valence-electron chi connectivity index (χ0n) is 20.1. The summed E-state index contributed by atoms with van der Waals surface area (Å²) in [6.07, 6.45) is 2.55. The molecule has 0 radical (unpaired) electrons. The van der Waals surface area contributed by atoms with Gasteiger partial charge in [0.25, 0.3) is 5.56 Å². The molecule has 186 valence electrons. The highest BCUT2D eigenvalue weighted by atomic mass is 35.5. The topological polar surface area (TPSA) is 111 Å². The van der Waals surface area contributed by atoms with Crippen molar-refractivity contribution in [3.63, 3.8) is 0 Å². The first-order chi connectivity index (χ1) is 17.2. The second-order valence-electron chi connectivity index (χ2n) is 9.88. The van der Waals surface area contributed by atoms with Crippen LogP contribution in [0.1, 0.15) is 66.8 Å². The number of carbonyl (C=O) groups is 2. The number of aromatic nitrogens is 2. The number of hydrogen-bond donors (Lipinski definition) is 2. The van der Waals surface area contributed by atoms with Gasteiger partial charge >= 0.3 is 5.97 Å². The minimum Gasteiger partial charge on any atom is -0.458 e. The number of nitrogens with zero attached hydrogens (tertiary/aromatic N) is 2. The number of carbonyl (C=O) groups excluding carboxylic acids is 2. The number of hydrogen-bond acceptors (Lipinski definition) is 6. The van der Waals surface area contributed by atoms with Gasteiger partial charge in [-0.1, -0.05) is 18.5 Å². The van der Waals surface area contributed by atoms with Crippen molar-refractivity contribution in [2.45, 2.75) is 64.2 Å². The lowest BCUT2D eigenvalue weighted by Crippen LogP contribution is -2.44. The van der Waals surface area contributed by atoms with E-state index in [9.17, 15) is 19.5 Å².